The number of hydrogen-bond donors (Lipinski definition) is 2. The van der Waals surface area contributed by atoms with Crippen LogP contribution in [0, 0.1) is 29.6 Å². The molecule has 5 rings (SSSR count). The minimum absolute atomic E-state index is 0.0818. The Hall–Kier alpha value is -0.570. The van der Waals surface area contributed by atoms with E-state index >= 15 is 0 Å². The molecule has 5 fully saturated rings. The lowest BCUT2D eigenvalue weighted by atomic mass is 9.51. The lowest BCUT2D eigenvalue weighted by Gasteiger charge is -2.53. The van der Waals surface area contributed by atoms with E-state index in [4.69, 9.17) is 5.73 Å². The van der Waals surface area contributed by atoms with Gasteiger partial charge in [-0.2, -0.15) is 0 Å². The standard InChI is InChI=1S/C16H26N2O/c17-16(2-1-3-16)9-18-15(19)14-12-5-10-4-11(7-12)8-13(14)6-10/h10-14H,1-9,17H2,(H,18,19). The molecule has 5 aliphatic carbocycles. The van der Waals surface area contributed by atoms with Crippen molar-refractivity contribution in [1.82, 2.24) is 5.32 Å². The third-order valence-electron chi connectivity index (χ3n) is 6.49. The molecule has 0 saturated heterocycles. The molecule has 0 aromatic heterocycles. The van der Waals surface area contributed by atoms with Crippen molar-refractivity contribution in [3.05, 3.63) is 0 Å². The molecule has 5 aliphatic rings. The van der Waals surface area contributed by atoms with E-state index in [1.165, 1.54) is 38.5 Å². The van der Waals surface area contributed by atoms with Crippen LogP contribution in [0.3, 0.4) is 0 Å². The summed E-state index contributed by atoms with van der Waals surface area (Å²) in [5.41, 5.74) is 6.13. The molecule has 0 spiro atoms. The third kappa shape index (κ3) is 2.01. The van der Waals surface area contributed by atoms with Gasteiger partial charge in [0.1, 0.15) is 0 Å². The Balaban J connectivity index is 1.40. The number of nitrogens with two attached hydrogens (primary N) is 1. The predicted octanol–water partition coefficient (Wildman–Crippen LogP) is 2.06. The van der Waals surface area contributed by atoms with Crippen LogP contribution in [0.4, 0.5) is 0 Å². The first kappa shape index (κ1) is 12.2. The van der Waals surface area contributed by atoms with Gasteiger partial charge in [0.15, 0.2) is 0 Å². The molecule has 0 aromatic rings. The second kappa shape index (κ2) is 4.21. The van der Waals surface area contributed by atoms with E-state index in [0.29, 0.717) is 30.2 Å². The summed E-state index contributed by atoms with van der Waals surface area (Å²) >= 11 is 0. The molecular weight excluding hydrogens is 236 g/mol. The Morgan fingerprint density at radius 3 is 2.11 bits per heavy atom. The van der Waals surface area contributed by atoms with Gasteiger partial charge in [0.25, 0.3) is 0 Å². The van der Waals surface area contributed by atoms with Crippen LogP contribution in [0.15, 0.2) is 0 Å². The summed E-state index contributed by atoms with van der Waals surface area (Å²) in [5.74, 6) is 3.90. The molecule has 0 heterocycles. The predicted molar refractivity (Wildman–Crippen MR) is 74.3 cm³/mol. The minimum atomic E-state index is -0.0818. The van der Waals surface area contributed by atoms with Crippen molar-refractivity contribution in [3.63, 3.8) is 0 Å². The number of nitrogens with one attached hydrogen (secondary N) is 1. The zero-order chi connectivity index (χ0) is 13.0. The van der Waals surface area contributed by atoms with Gasteiger partial charge in [0.2, 0.25) is 5.91 Å². The van der Waals surface area contributed by atoms with Gasteiger partial charge >= 0.3 is 0 Å². The molecule has 5 saturated carbocycles. The summed E-state index contributed by atoms with van der Waals surface area (Å²) < 4.78 is 0. The smallest absolute Gasteiger partial charge is 0.223 e. The molecule has 19 heavy (non-hydrogen) atoms. The van der Waals surface area contributed by atoms with Crippen LogP contribution >= 0.6 is 0 Å². The first-order valence-corrected chi connectivity index (χ1v) is 8.19. The van der Waals surface area contributed by atoms with E-state index in [9.17, 15) is 4.79 Å². The number of carbonyl (C=O) groups excluding carboxylic acids is 1. The lowest BCUT2D eigenvalue weighted by molar-refractivity contribution is -0.138. The normalized spacial score (nSPS) is 45.8. The molecule has 106 valence electrons. The average Bonchev–Trinajstić information content (AvgIpc) is 2.32. The topological polar surface area (TPSA) is 55.1 Å². The molecule has 0 atom stereocenters. The van der Waals surface area contributed by atoms with Crippen molar-refractivity contribution in [2.75, 3.05) is 6.54 Å². The summed E-state index contributed by atoms with van der Waals surface area (Å²) in [6.45, 7) is 0.703. The number of amides is 1. The summed E-state index contributed by atoms with van der Waals surface area (Å²) in [6, 6.07) is 0. The van der Waals surface area contributed by atoms with Crippen molar-refractivity contribution >= 4 is 5.91 Å². The van der Waals surface area contributed by atoms with Crippen molar-refractivity contribution in [2.45, 2.75) is 56.9 Å². The van der Waals surface area contributed by atoms with Crippen LogP contribution in [0.1, 0.15) is 51.4 Å². The van der Waals surface area contributed by atoms with Crippen LogP contribution in [0.25, 0.3) is 0 Å². The van der Waals surface area contributed by atoms with Crippen molar-refractivity contribution in [1.29, 1.82) is 0 Å². The fourth-order valence-corrected chi connectivity index (χ4v) is 5.54. The van der Waals surface area contributed by atoms with Crippen molar-refractivity contribution < 1.29 is 4.79 Å². The van der Waals surface area contributed by atoms with Crippen molar-refractivity contribution in [2.24, 2.45) is 35.3 Å². The van der Waals surface area contributed by atoms with E-state index in [0.717, 1.165) is 24.7 Å². The van der Waals surface area contributed by atoms with E-state index in [1.807, 2.05) is 0 Å². The fraction of sp³-hybridized carbons (Fsp3) is 0.938. The highest BCUT2D eigenvalue weighted by atomic mass is 16.1. The monoisotopic (exact) mass is 262 g/mol. The minimum Gasteiger partial charge on any atom is -0.354 e. The summed E-state index contributed by atoms with van der Waals surface area (Å²) in [7, 11) is 0. The highest BCUT2D eigenvalue weighted by molar-refractivity contribution is 5.79. The molecule has 4 bridgehead atoms. The van der Waals surface area contributed by atoms with E-state index in [-0.39, 0.29) is 5.54 Å². The lowest BCUT2D eigenvalue weighted by Crippen LogP contribution is -2.57. The molecule has 1 amide bonds. The van der Waals surface area contributed by atoms with E-state index in [2.05, 4.69) is 5.32 Å². The third-order valence-corrected chi connectivity index (χ3v) is 6.49. The van der Waals surface area contributed by atoms with Gasteiger partial charge in [0.05, 0.1) is 0 Å². The van der Waals surface area contributed by atoms with Crippen LogP contribution in [-0.4, -0.2) is 18.0 Å². The Morgan fingerprint density at radius 1 is 1.05 bits per heavy atom. The van der Waals surface area contributed by atoms with Gasteiger partial charge in [-0.05, 0) is 75.0 Å². The molecule has 0 aromatic carbocycles. The maximum atomic E-state index is 12.6. The first-order chi connectivity index (χ1) is 9.13. The van der Waals surface area contributed by atoms with Gasteiger partial charge < -0.3 is 11.1 Å². The SMILES string of the molecule is NC1(CNC(=O)C2C3CC4CC(C3)CC2C4)CCC1. The summed E-state index contributed by atoms with van der Waals surface area (Å²) in [5, 5.41) is 3.19. The van der Waals surface area contributed by atoms with E-state index < -0.39 is 0 Å². The Kier molecular flexibility index (Phi) is 2.70. The molecule has 3 nitrogen and oxygen atoms in total. The van der Waals surface area contributed by atoms with Crippen LogP contribution in [-0.2, 0) is 4.79 Å². The Bertz CT molecular complexity index is 360. The van der Waals surface area contributed by atoms with E-state index in [1.54, 1.807) is 0 Å². The van der Waals surface area contributed by atoms with Gasteiger partial charge in [-0.25, -0.2) is 0 Å². The fourth-order valence-electron chi connectivity index (χ4n) is 5.54. The maximum Gasteiger partial charge on any atom is 0.223 e. The number of rotatable bonds is 3. The molecule has 3 heteroatoms. The van der Waals surface area contributed by atoms with Gasteiger partial charge in [-0.15, -0.1) is 0 Å². The number of carbonyl (C=O) groups is 1. The Labute approximate surface area is 115 Å². The molecule has 3 N–H and O–H groups in total. The molecular formula is C16H26N2O. The van der Waals surface area contributed by atoms with Crippen LogP contribution in [0.2, 0.25) is 0 Å². The van der Waals surface area contributed by atoms with Gasteiger partial charge in [0, 0.05) is 18.0 Å². The quantitative estimate of drug-likeness (QED) is 0.818. The molecule has 0 aliphatic heterocycles. The second-order valence-corrected chi connectivity index (χ2v) is 7.89. The number of hydrogen-bond acceptors (Lipinski definition) is 2. The van der Waals surface area contributed by atoms with Gasteiger partial charge in [-0.3, -0.25) is 4.79 Å². The molecule has 0 radical (unpaired) electrons. The van der Waals surface area contributed by atoms with Gasteiger partial charge in [-0.1, -0.05) is 0 Å². The highest BCUT2D eigenvalue weighted by Gasteiger charge is 2.50. The zero-order valence-corrected chi connectivity index (χ0v) is 11.7. The van der Waals surface area contributed by atoms with Crippen molar-refractivity contribution in [3.8, 4) is 0 Å². The maximum absolute atomic E-state index is 12.6. The van der Waals surface area contributed by atoms with Crippen LogP contribution < -0.4 is 11.1 Å². The largest absolute Gasteiger partial charge is 0.354 e. The summed E-state index contributed by atoms with van der Waals surface area (Å²) in [4.78, 5) is 12.6. The second-order valence-electron chi connectivity index (χ2n) is 7.89. The highest BCUT2D eigenvalue weighted by Crippen LogP contribution is 2.56. The molecule has 0 unspecified atom stereocenters. The first-order valence-electron chi connectivity index (χ1n) is 8.19. The van der Waals surface area contributed by atoms with Crippen LogP contribution in [0.5, 0.6) is 0 Å². The average molecular weight is 262 g/mol. The zero-order valence-electron chi connectivity index (χ0n) is 11.7. The Morgan fingerprint density at radius 2 is 1.63 bits per heavy atom. The summed E-state index contributed by atoms with van der Waals surface area (Å²) in [6.07, 6.45) is 10.1.